The summed E-state index contributed by atoms with van der Waals surface area (Å²) in [6, 6.07) is 5.86. The zero-order chi connectivity index (χ0) is 18.4. The smallest absolute Gasteiger partial charge is 0.383 e. The molecule has 5 nitrogen and oxygen atoms in total. The molecule has 0 spiro atoms. The van der Waals surface area contributed by atoms with Crippen molar-refractivity contribution in [3.8, 4) is 6.07 Å². The monoisotopic (exact) mass is 347 g/mol. The number of halogens is 3. The molecule has 1 atom stereocenters. The molecule has 0 bridgehead atoms. The van der Waals surface area contributed by atoms with Gasteiger partial charge in [-0.25, -0.2) is 0 Å². The Morgan fingerprint density at radius 3 is 2.68 bits per heavy atom. The highest BCUT2D eigenvalue weighted by Gasteiger charge is 2.48. The zero-order valence-electron chi connectivity index (χ0n) is 13.6. The third-order valence-corrected chi connectivity index (χ3v) is 4.48. The lowest BCUT2D eigenvalue weighted by molar-refractivity contribution is -0.137. The Morgan fingerprint density at radius 2 is 2.08 bits per heavy atom. The second-order valence-electron chi connectivity index (χ2n) is 5.94. The van der Waals surface area contributed by atoms with Crippen molar-refractivity contribution in [1.82, 2.24) is 10.2 Å². The summed E-state index contributed by atoms with van der Waals surface area (Å²) in [5.41, 5.74) is 4.97. The topological polar surface area (TPSA) is 77.4 Å². The van der Waals surface area contributed by atoms with E-state index in [2.05, 4.69) is 10.3 Å². The summed E-state index contributed by atoms with van der Waals surface area (Å²) < 4.78 is 39.9. The van der Waals surface area contributed by atoms with Crippen molar-refractivity contribution in [2.24, 2.45) is 10.7 Å². The van der Waals surface area contributed by atoms with Crippen molar-refractivity contribution in [3.63, 3.8) is 0 Å². The maximum atomic E-state index is 13.3. The molecular formula is C17H16F3N5. The third-order valence-electron chi connectivity index (χ3n) is 4.48. The van der Waals surface area contributed by atoms with Crippen molar-refractivity contribution >= 4 is 5.96 Å². The van der Waals surface area contributed by atoms with E-state index in [0.717, 1.165) is 12.1 Å². The number of guanidine groups is 1. The van der Waals surface area contributed by atoms with E-state index in [1.54, 1.807) is 37.2 Å². The predicted octanol–water partition coefficient (Wildman–Crippen LogP) is 3.06. The Hall–Kier alpha value is -2.95. The molecule has 2 aliphatic heterocycles. The number of benzene rings is 1. The Balaban J connectivity index is 2.32. The Kier molecular flexibility index (Phi) is 3.75. The first-order valence-corrected chi connectivity index (χ1v) is 7.65. The number of nitrogens with two attached hydrogens (primary N) is 1. The van der Waals surface area contributed by atoms with Gasteiger partial charge < -0.3 is 16.0 Å². The highest BCUT2D eigenvalue weighted by molar-refractivity contribution is 5.88. The fraction of sp³-hybridized carbons (Fsp3) is 0.294. The van der Waals surface area contributed by atoms with Gasteiger partial charge in [-0.3, -0.25) is 0 Å². The molecule has 0 radical (unpaired) electrons. The van der Waals surface area contributed by atoms with E-state index < -0.39 is 17.3 Å². The average Bonchev–Trinajstić information content (AvgIpc) is 3.00. The molecular weight excluding hydrogens is 331 g/mol. The molecule has 3 rings (SSSR count). The number of aryl methyl sites for hydroxylation is 1. The van der Waals surface area contributed by atoms with Crippen molar-refractivity contribution < 1.29 is 13.2 Å². The maximum Gasteiger partial charge on any atom is 0.416 e. The lowest BCUT2D eigenvalue weighted by atomic mass is 9.77. The SMILES string of the molecule is CCC1(c2cc(C)cc(C(F)(F)F)c2)C(C#N)=C(N)N=C2NC=CN21. The van der Waals surface area contributed by atoms with Crippen molar-refractivity contribution in [1.29, 1.82) is 5.26 Å². The summed E-state index contributed by atoms with van der Waals surface area (Å²) in [4.78, 5) is 5.80. The highest BCUT2D eigenvalue weighted by Crippen LogP contribution is 2.45. The van der Waals surface area contributed by atoms with Crippen LogP contribution in [0.2, 0.25) is 0 Å². The number of rotatable bonds is 2. The second kappa shape index (κ2) is 5.55. The van der Waals surface area contributed by atoms with Crippen molar-refractivity contribution in [2.75, 3.05) is 0 Å². The van der Waals surface area contributed by atoms with Crippen LogP contribution in [-0.2, 0) is 11.7 Å². The molecule has 1 aromatic rings. The van der Waals surface area contributed by atoms with Gasteiger partial charge in [0.1, 0.15) is 23.0 Å². The van der Waals surface area contributed by atoms with Gasteiger partial charge in [0.2, 0.25) is 5.96 Å². The maximum absolute atomic E-state index is 13.3. The molecule has 1 aromatic carbocycles. The van der Waals surface area contributed by atoms with Gasteiger partial charge >= 0.3 is 6.18 Å². The molecule has 2 heterocycles. The van der Waals surface area contributed by atoms with Gasteiger partial charge in [-0.1, -0.05) is 18.6 Å². The largest absolute Gasteiger partial charge is 0.416 e. The van der Waals surface area contributed by atoms with Gasteiger partial charge in [-0.05, 0) is 31.0 Å². The number of nitriles is 1. The van der Waals surface area contributed by atoms with Crippen LogP contribution in [0.3, 0.4) is 0 Å². The molecule has 0 saturated carbocycles. The lowest BCUT2D eigenvalue weighted by Gasteiger charge is -2.43. The first kappa shape index (κ1) is 16.9. The van der Waals surface area contributed by atoms with Crippen LogP contribution in [0.25, 0.3) is 0 Å². The number of fused-ring (bicyclic) bond motifs is 1. The van der Waals surface area contributed by atoms with Crippen LogP contribution in [-0.4, -0.2) is 10.9 Å². The summed E-state index contributed by atoms with van der Waals surface area (Å²) in [5.74, 6) is 0.385. The fourth-order valence-corrected chi connectivity index (χ4v) is 3.39. The molecule has 0 saturated heterocycles. The van der Waals surface area contributed by atoms with E-state index in [-0.39, 0.29) is 11.4 Å². The van der Waals surface area contributed by atoms with E-state index in [9.17, 15) is 18.4 Å². The average molecular weight is 347 g/mol. The summed E-state index contributed by atoms with van der Waals surface area (Å²) >= 11 is 0. The third kappa shape index (κ3) is 2.43. The normalized spacial score (nSPS) is 22.4. The first-order valence-electron chi connectivity index (χ1n) is 7.65. The van der Waals surface area contributed by atoms with Crippen molar-refractivity contribution in [2.45, 2.75) is 32.0 Å². The van der Waals surface area contributed by atoms with E-state index >= 15 is 0 Å². The number of alkyl halides is 3. The van der Waals surface area contributed by atoms with Crippen LogP contribution >= 0.6 is 0 Å². The molecule has 8 heteroatoms. The predicted molar refractivity (Wildman–Crippen MR) is 86.5 cm³/mol. The molecule has 1 unspecified atom stereocenters. The van der Waals surface area contributed by atoms with Crippen LogP contribution in [0.5, 0.6) is 0 Å². The van der Waals surface area contributed by atoms with Gasteiger partial charge in [0.25, 0.3) is 0 Å². The summed E-state index contributed by atoms with van der Waals surface area (Å²) in [5, 5.41) is 12.6. The minimum atomic E-state index is -4.48. The quantitative estimate of drug-likeness (QED) is 0.862. The molecule has 0 fully saturated rings. The van der Waals surface area contributed by atoms with Crippen LogP contribution in [0.15, 0.2) is 47.0 Å². The standard InChI is InChI=1S/C17H16F3N5/c1-3-16(11-6-10(2)7-12(8-11)17(18,19)20)13(9-21)14(22)24-15-23-4-5-25(15)16/h4-8H,3,22H2,1-2H3,(H,23,24). The number of hydrogen-bond acceptors (Lipinski definition) is 5. The molecule has 3 N–H and O–H groups in total. The molecule has 0 aromatic heterocycles. The summed E-state index contributed by atoms with van der Waals surface area (Å²) in [6.07, 6.45) is -0.885. The summed E-state index contributed by atoms with van der Waals surface area (Å²) in [6.45, 7) is 3.40. The van der Waals surface area contributed by atoms with Crippen LogP contribution in [0.1, 0.15) is 30.0 Å². The number of nitrogens with zero attached hydrogens (tertiary/aromatic N) is 3. The minimum absolute atomic E-state index is 0.00173. The molecule has 2 aliphatic rings. The summed E-state index contributed by atoms with van der Waals surface area (Å²) in [7, 11) is 0. The Morgan fingerprint density at radius 1 is 1.36 bits per heavy atom. The van der Waals surface area contributed by atoms with E-state index in [1.165, 1.54) is 0 Å². The van der Waals surface area contributed by atoms with Gasteiger partial charge in [0, 0.05) is 12.4 Å². The van der Waals surface area contributed by atoms with Crippen LogP contribution < -0.4 is 11.1 Å². The highest BCUT2D eigenvalue weighted by atomic mass is 19.4. The molecule has 130 valence electrons. The Labute approximate surface area is 142 Å². The number of hydrogen-bond donors (Lipinski definition) is 2. The second-order valence-corrected chi connectivity index (χ2v) is 5.94. The van der Waals surface area contributed by atoms with Gasteiger partial charge in [0.15, 0.2) is 0 Å². The molecule has 25 heavy (non-hydrogen) atoms. The van der Waals surface area contributed by atoms with Gasteiger partial charge in [0.05, 0.1) is 5.56 Å². The van der Waals surface area contributed by atoms with E-state index in [4.69, 9.17) is 5.73 Å². The number of nitrogens with one attached hydrogen (secondary N) is 1. The molecule has 0 amide bonds. The first-order chi connectivity index (χ1) is 11.7. The van der Waals surface area contributed by atoms with E-state index in [1.807, 2.05) is 6.07 Å². The number of aliphatic imine (C=N–C) groups is 1. The lowest BCUT2D eigenvalue weighted by Crippen LogP contribution is -2.51. The van der Waals surface area contributed by atoms with E-state index in [0.29, 0.717) is 23.5 Å². The van der Waals surface area contributed by atoms with Crippen molar-refractivity contribution in [3.05, 3.63) is 58.7 Å². The zero-order valence-corrected chi connectivity index (χ0v) is 13.6. The Bertz CT molecular complexity index is 860. The van der Waals surface area contributed by atoms with Gasteiger partial charge in [-0.15, -0.1) is 0 Å². The minimum Gasteiger partial charge on any atom is -0.383 e. The molecule has 0 aliphatic carbocycles. The van der Waals surface area contributed by atoms with Crippen LogP contribution in [0.4, 0.5) is 13.2 Å². The fourth-order valence-electron chi connectivity index (χ4n) is 3.39. The van der Waals surface area contributed by atoms with Crippen LogP contribution in [0, 0.1) is 18.3 Å². The van der Waals surface area contributed by atoms with Gasteiger partial charge in [-0.2, -0.15) is 23.4 Å².